The molecule has 0 aromatic rings. The summed E-state index contributed by atoms with van der Waals surface area (Å²) in [7, 11) is 0. The van der Waals surface area contributed by atoms with Crippen LogP contribution in [0.3, 0.4) is 0 Å². The number of hydrogen-bond donors (Lipinski definition) is 2. The molecule has 3 N–H and O–H groups in total. The zero-order chi connectivity index (χ0) is 9.03. The van der Waals surface area contributed by atoms with Crippen LogP contribution in [0, 0.1) is 0 Å². The lowest BCUT2D eigenvalue weighted by atomic mass is 10.1. The van der Waals surface area contributed by atoms with E-state index in [-0.39, 0.29) is 5.54 Å². The van der Waals surface area contributed by atoms with Crippen LogP contribution in [0.25, 0.3) is 0 Å². The van der Waals surface area contributed by atoms with Gasteiger partial charge in [0.2, 0.25) is 0 Å². The number of hydrogen-bond acceptors (Lipinski definition) is 3. The van der Waals surface area contributed by atoms with Crippen molar-refractivity contribution in [1.29, 1.82) is 0 Å². The molecular formula is C9H20N2O. The summed E-state index contributed by atoms with van der Waals surface area (Å²) in [4.78, 5) is 0. The van der Waals surface area contributed by atoms with Gasteiger partial charge in [-0.15, -0.1) is 0 Å². The second-order valence-electron chi connectivity index (χ2n) is 4.10. The molecule has 1 saturated heterocycles. The Morgan fingerprint density at radius 2 is 2.33 bits per heavy atom. The quantitative estimate of drug-likeness (QED) is 0.649. The fraction of sp³-hybridized carbons (Fsp3) is 1.00. The molecule has 1 aliphatic rings. The van der Waals surface area contributed by atoms with Crippen molar-refractivity contribution in [3.8, 4) is 0 Å². The molecule has 0 bridgehead atoms. The molecular weight excluding hydrogens is 152 g/mol. The predicted octanol–water partition coefficient (Wildman–Crippen LogP) is 0.492. The van der Waals surface area contributed by atoms with Crippen LogP contribution in [0.5, 0.6) is 0 Å². The lowest BCUT2D eigenvalue weighted by Crippen LogP contribution is -2.48. The Labute approximate surface area is 74.7 Å². The van der Waals surface area contributed by atoms with E-state index < -0.39 is 0 Å². The number of ether oxygens (including phenoxy) is 1. The molecule has 1 rings (SSSR count). The van der Waals surface area contributed by atoms with Gasteiger partial charge in [0.15, 0.2) is 0 Å². The molecule has 0 aromatic heterocycles. The zero-order valence-electron chi connectivity index (χ0n) is 8.10. The first-order chi connectivity index (χ1) is 5.64. The average molecular weight is 172 g/mol. The molecule has 3 heteroatoms. The van der Waals surface area contributed by atoms with Crippen LogP contribution >= 0.6 is 0 Å². The first-order valence-electron chi connectivity index (χ1n) is 4.71. The molecule has 3 nitrogen and oxygen atoms in total. The van der Waals surface area contributed by atoms with Crippen molar-refractivity contribution in [2.24, 2.45) is 5.73 Å². The number of nitrogens with one attached hydrogen (secondary N) is 1. The largest absolute Gasteiger partial charge is 0.377 e. The smallest absolute Gasteiger partial charge is 0.0700 e. The number of nitrogens with two attached hydrogens (primary N) is 1. The first kappa shape index (κ1) is 9.96. The fourth-order valence-electron chi connectivity index (χ4n) is 1.27. The van der Waals surface area contributed by atoms with Crippen LogP contribution in [0.15, 0.2) is 0 Å². The Kier molecular flexibility index (Phi) is 3.50. The van der Waals surface area contributed by atoms with Crippen molar-refractivity contribution < 1.29 is 4.74 Å². The van der Waals surface area contributed by atoms with Crippen LogP contribution in [0.1, 0.15) is 26.7 Å². The average Bonchev–Trinajstić information content (AvgIpc) is 2.53. The van der Waals surface area contributed by atoms with Gasteiger partial charge in [0.1, 0.15) is 0 Å². The molecule has 1 atom stereocenters. The summed E-state index contributed by atoms with van der Waals surface area (Å²) < 4.78 is 5.49. The fourth-order valence-corrected chi connectivity index (χ4v) is 1.27. The summed E-state index contributed by atoms with van der Waals surface area (Å²) in [6.45, 7) is 6.75. The van der Waals surface area contributed by atoms with E-state index >= 15 is 0 Å². The van der Waals surface area contributed by atoms with Crippen LogP contribution in [0.4, 0.5) is 0 Å². The van der Waals surface area contributed by atoms with Crippen molar-refractivity contribution in [1.82, 2.24) is 5.32 Å². The third-order valence-electron chi connectivity index (χ3n) is 2.34. The van der Waals surface area contributed by atoms with Crippen LogP contribution < -0.4 is 11.1 Å². The van der Waals surface area contributed by atoms with Crippen LogP contribution in [-0.4, -0.2) is 31.3 Å². The zero-order valence-corrected chi connectivity index (χ0v) is 8.10. The molecule has 0 aromatic carbocycles. The van der Waals surface area contributed by atoms with Crippen molar-refractivity contribution in [3.05, 3.63) is 0 Å². The van der Waals surface area contributed by atoms with Gasteiger partial charge in [-0.25, -0.2) is 0 Å². The maximum absolute atomic E-state index is 5.59. The Morgan fingerprint density at radius 1 is 1.58 bits per heavy atom. The molecule has 72 valence electrons. The molecule has 1 unspecified atom stereocenters. The molecule has 0 spiro atoms. The minimum Gasteiger partial charge on any atom is -0.377 e. The highest BCUT2D eigenvalue weighted by atomic mass is 16.5. The van der Waals surface area contributed by atoms with Crippen molar-refractivity contribution in [3.63, 3.8) is 0 Å². The van der Waals surface area contributed by atoms with E-state index in [1.807, 2.05) is 0 Å². The lowest BCUT2D eigenvalue weighted by molar-refractivity contribution is 0.103. The van der Waals surface area contributed by atoms with E-state index in [9.17, 15) is 0 Å². The maximum atomic E-state index is 5.59. The molecule has 0 radical (unpaired) electrons. The van der Waals surface area contributed by atoms with Gasteiger partial charge in [0.05, 0.1) is 6.10 Å². The maximum Gasteiger partial charge on any atom is 0.0700 e. The van der Waals surface area contributed by atoms with Gasteiger partial charge in [-0.1, -0.05) is 0 Å². The van der Waals surface area contributed by atoms with E-state index in [1.165, 1.54) is 12.8 Å². The normalized spacial score (nSPS) is 24.8. The Balaban J connectivity index is 2.15. The van der Waals surface area contributed by atoms with Gasteiger partial charge in [-0.3, -0.25) is 0 Å². The summed E-state index contributed by atoms with van der Waals surface area (Å²) in [6, 6.07) is 0. The van der Waals surface area contributed by atoms with Crippen molar-refractivity contribution >= 4 is 0 Å². The monoisotopic (exact) mass is 172 g/mol. The molecule has 1 fully saturated rings. The molecule has 1 heterocycles. The third kappa shape index (κ3) is 3.09. The van der Waals surface area contributed by atoms with Gasteiger partial charge in [-0.2, -0.15) is 0 Å². The highest BCUT2D eigenvalue weighted by Gasteiger charge is 2.20. The van der Waals surface area contributed by atoms with Gasteiger partial charge >= 0.3 is 0 Å². The number of rotatable bonds is 4. The minimum atomic E-state index is 0.0476. The van der Waals surface area contributed by atoms with Gasteiger partial charge < -0.3 is 15.8 Å². The topological polar surface area (TPSA) is 47.3 Å². The second-order valence-corrected chi connectivity index (χ2v) is 4.10. The second kappa shape index (κ2) is 4.21. The summed E-state index contributed by atoms with van der Waals surface area (Å²) in [6.07, 6.45) is 2.80. The first-order valence-corrected chi connectivity index (χ1v) is 4.71. The van der Waals surface area contributed by atoms with Gasteiger partial charge in [0.25, 0.3) is 0 Å². The van der Waals surface area contributed by atoms with Crippen molar-refractivity contribution in [2.45, 2.75) is 38.3 Å². The summed E-state index contributed by atoms with van der Waals surface area (Å²) in [5.41, 5.74) is 5.64. The van der Waals surface area contributed by atoms with E-state index in [2.05, 4.69) is 19.2 Å². The Morgan fingerprint density at radius 3 is 2.83 bits per heavy atom. The third-order valence-corrected chi connectivity index (χ3v) is 2.34. The van der Waals surface area contributed by atoms with Crippen LogP contribution in [0.2, 0.25) is 0 Å². The molecule has 0 saturated carbocycles. The van der Waals surface area contributed by atoms with E-state index in [0.717, 1.165) is 13.2 Å². The molecule has 0 amide bonds. The lowest BCUT2D eigenvalue weighted by Gasteiger charge is -2.25. The molecule has 12 heavy (non-hydrogen) atoms. The van der Waals surface area contributed by atoms with Gasteiger partial charge in [-0.05, 0) is 26.7 Å². The van der Waals surface area contributed by atoms with Gasteiger partial charge in [0, 0.05) is 25.2 Å². The summed E-state index contributed by atoms with van der Waals surface area (Å²) in [5, 5.41) is 3.40. The minimum absolute atomic E-state index is 0.0476. The summed E-state index contributed by atoms with van der Waals surface area (Å²) >= 11 is 0. The van der Waals surface area contributed by atoms with E-state index in [4.69, 9.17) is 10.5 Å². The van der Waals surface area contributed by atoms with E-state index in [1.54, 1.807) is 0 Å². The Hall–Kier alpha value is -0.120. The van der Waals surface area contributed by atoms with Crippen LogP contribution in [-0.2, 0) is 4.74 Å². The summed E-state index contributed by atoms with van der Waals surface area (Å²) in [5.74, 6) is 0. The highest BCUT2D eigenvalue weighted by molar-refractivity contribution is 4.80. The predicted molar refractivity (Wildman–Crippen MR) is 50.1 cm³/mol. The molecule has 1 aliphatic heterocycles. The Bertz CT molecular complexity index is 130. The molecule has 0 aliphatic carbocycles. The SMILES string of the molecule is CC(C)(CN)NCC1CCCO1. The van der Waals surface area contributed by atoms with Crippen molar-refractivity contribution in [2.75, 3.05) is 19.7 Å². The van der Waals surface area contributed by atoms with E-state index in [0.29, 0.717) is 12.6 Å². The standard InChI is InChI=1S/C9H20N2O/c1-9(2,7-10)11-6-8-4-3-5-12-8/h8,11H,3-7,10H2,1-2H3. The highest BCUT2D eigenvalue weighted by Crippen LogP contribution is 2.11.